The molecule has 2 aliphatic heterocycles. The van der Waals surface area contributed by atoms with Gasteiger partial charge in [-0.1, -0.05) is 0 Å². The summed E-state index contributed by atoms with van der Waals surface area (Å²) in [6.07, 6.45) is -4.34. The zero-order valence-electron chi connectivity index (χ0n) is 10.8. The van der Waals surface area contributed by atoms with Crippen molar-refractivity contribution in [2.75, 3.05) is 12.8 Å². The Hall–Kier alpha value is -0.540. The smallest absolute Gasteiger partial charge is 0.325 e. The summed E-state index contributed by atoms with van der Waals surface area (Å²) >= 11 is 0. The van der Waals surface area contributed by atoms with Crippen LogP contribution in [-0.4, -0.2) is 68.8 Å². The van der Waals surface area contributed by atoms with Crippen molar-refractivity contribution in [3.63, 3.8) is 0 Å². The monoisotopic (exact) mass is 311 g/mol. The average molecular weight is 311 g/mol. The summed E-state index contributed by atoms with van der Waals surface area (Å²) in [6, 6.07) is -0.923. The number of hydrogen-bond acceptors (Lipinski definition) is 6. The van der Waals surface area contributed by atoms with Crippen molar-refractivity contribution in [3.05, 3.63) is 0 Å². The fourth-order valence-corrected chi connectivity index (χ4v) is 3.20. The van der Waals surface area contributed by atoms with Crippen LogP contribution < -0.4 is 5.32 Å². The molecule has 2 fully saturated rings. The summed E-state index contributed by atoms with van der Waals surface area (Å²) in [6.45, 7) is 1.15. The van der Waals surface area contributed by atoms with Gasteiger partial charge in [0.25, 0.3) is 0 Å². The number of nitrogens with one attached hydrogen (secondary N) is 1. The zero-order chi connectivity index (χ0) is 15.1. The average Bonchev–Trinajstić information content (AvgIpc) is 2.72. The largest absolute Gasteiger partial charge is 0.388 e. The van der Waals surface area contributed by atoms with Gasteiger partial charge in [0.1, 0.15) is 23.9 Å². The van der Waals surface area contributed by atoms with Crippen LogP contribution in [0.4, 0.5) is 0 Å². The van der Waals surface area contributed by atoms with E-state index < -0.39 is 49.8 Å². The summed E-state index contributed by atoms with van der Waals surface area (Å²) in [5.74, 6) is -0.414. The molecule has 2 rings (SSSR count). The van der Waals surface area contributed by atoms with E-state index in [4.69, 9.17) is 19.3 Å². The van der Waals surface area contributed by atoms with E-state index >= 15 is 0 Å². The molecule has 0 aromatic heterocycles. The molecule has 20 heavy (non-hydrogen) atoms. The summed E-state index contributed by atoms with van der Waals surface area (Å²) in [7, 11) is -4.25. The molecule has 116 valence electrons. The zero-order valence-corrected chi connectivity index (χ0v) is 11.7. The van der Waals surface area contributed by atoms with Crippen molar-refractivity contribution in [1.82, 2.24) is 5.32 Å². The van der Waals surface area contributed by atoms with Gasteiger partial charge < -0.3 is 34.8 Å². The normalized spacial score (nSPS) is 40.6. The molecule has 2 bridgehead atoms. The van der Waals surface area contributed by atoms with Crippen LogP contribution in [0.25, 0.3) is 0 Å². The lowest BCUT2D eigenvalue weighted by Crippen LogP contribution is -2.65. The molecule has 5 atom stereocenters. The van der Waals surface area contributed by atoms with Gasteiger partial charge >= 0.3 is 7.60 Å². The van der Waals surface area contributed by atoms with Crippen LogP contribution in [0.2, 0.25) is 0 Å². The van der Waals surface area contributed by atoms with Gasteiger partial charge in [0, 0.05) is 6.92 Å². The molecule has 0 unspecified atom stereocenters. The van der Waals surface area contributed by atoms with Crippen LogP contribution in [0.1, 0.15) is 13.3 Å². The second-order valence-corrected chi connectivity index (χ2v) is 6.94. The predicted octanol–water partition coefficient (Wildman–Crippen LogP) is -2.09. The molecular weight excluding hydrogens is 293 g/mol. The topological polar surface area (TPSA) is 146 Å². The Morgan fingerprint density at radius 1 is 1.45 bits per heavy atom. The molecule has 0 aromatic rings. The molecule has 1 amide bonds. The van der Waals surface area contributed by atoms with Crippen LogP contribution in [0.5, 0.6) is 0 Å². The molecule has 0 saturated carbocycles. The van der Waals surface area contributed by atoms with E-state index in [9.17, 15) is 19.6 Å². The summed E-state index contributed by atoms with van der Waals surface area (Å²) in [5.41, 5.74) is -1.36. The van der Waals surface area contributed by atoms with Crippen LogP contribution in [-0.2, 0) is 18.8 Å². The standard InChI is InChI=1S/C10H18NO8P/c1-5(12)11-6-7(13)8(14)10(2-3-20(15,16)17)4-18-9(6)19-10/h6-9,13-14H,2-4H2,1H3,(H,11,12)(H2,15,16,17)/t6-,7+,8-,9-,10-/m0/s1. The van der Waals surface area contributed by atoms with Gasteiger partial charge in [-0.3, -0.25) is 9.36 Å². The van der Waals surface area contributed by atoms with Crippen LogP contribution in [0, 0.1) is 0 Å². The molecule has 0 aliphatic carbocycles. The Balaban J connectivity index is 2.12. The number of carbonyl (C=O) groups excluding carboxylic acids is 1. The maximum absolute atomic E-state index is 11.1. The number of fused-ring (bicyclic) bond motifs is 2. The number of aliphatic hydroxyl groups is 2. The molecule has 0 radical (unpaired) electrons. The van der Waals surface area contributed by atoms with Crippen molar-refractivity contribution < 1.29 is 38.8 Å². The second-order valence-electron chi connectivity index (χ2n) is 5.16. The van der Waals surface area contributed by atoms with Gasteiger partial charge in [0.05, 0.1) is 12.8 Å². The Bertz CT molecular complexity index is 439. The first kappa shape index (κ1) is 15.8. The molecule has 0 aromatic carbocycles. The molecule has 5 N–H and O–H groups in total. The number of ether oxygens (including phenoxy) is 2. The van der Waals surface area contributed by atoms with Gasteiger partial charge in [0.15, 0.2) is 6.29 Å². The lowest BCUT2D eigenvalue weighted by Gasteiger charge is -2.42. The molecule has 2 saturated heterocycles. The number of hydrogen-bond donors (Lipinski definition) is 5. The van der Waals surface area contributed by atoms with Crippen molar-refractivity contribution >= 4 is 13.5 Å². The summed E-state index contributed by atoms with van der Waals surface area (Å²) in [5, 5.41) is 22.6. The maximum atomic E-state index is 11.1. The van der Waals surface area contributed by atoms with E-state index in [1.807, 2.05) is 0 Å². The molecule has 2 aliphatic rings. The van der Waals surface area contributed by atoms with E-state index in [0.29, 0.717) is 0 Å². The first-order chi connectivity index (χ1) is 9.15. The third kappa shape index (κ3) is 3.04. The molecule has 2 heterocycles. The fraction of sp³-hybridized carbons (Fsp3) is 0.900. The third-order valence-electron chi connectivity index (χ3n) is 3.56. The van der Waals surface area contributed by atoms with Gasteiger partial charge in [-0.15, -0.1) is 0 Å². The molecule has 10 heteroatoms. The maximum Gasteiger partial charge on any atom is 0.325 e. The van der Waals surface area contributed by atoms with Crippen LogP contribution >= 0.6 is 7.60 Å². The number of rotatable bonds is 4. The number of amides is 1. The molecule has 0 spiro atoms. The van der Waals surface area contributed by atoms with Gasteiger partial charge in [-0.25, -0.2) is 0 Å². The Kier molecular flexibility index (Phi) is 4.23. The highest BCUT2D eigenvalue weighted by atomic mass is 31.2. The first-order valence-corrected chi connectivity index (χ1v) is 7.92. The molecule has 9 nitrogen and oxygen atoms in total. The molecular formula is C10H18NO8P. The van der Waals surface area contributed by atoms with E-state index in [1.54, 1.807) is 0 Å². The van der Waals surface area contributed by atoms with Gasteiger partial charge in [-0.05, 0) is 6.42 Å². The van der Waals surface area contributed by atoms with E-state index in [0.717, 1.165) is 0 Å². The second kappa shape index (κ2) is 5.34. The quantitative estimate of drug-likeness (QED) is 0.371. The van der Waals surface area contributed by atoms with Crippen LogP contribution in [0.15, 0.2) is 0 Å². The van der Waals surface area contributed by atoms with Crippen molar-refractivity contribution in [2.45, 2.75) is 43.5 Å². The van der Waals surface area contributed by atoms with Crippen molar-refractivity contribution in [3.8, 4) is 0 Å². The number of aliphatic hydroxyl groups excluding tert-OH is 2. The summed E-state index contributed by atoms with van der Waals surface area (Å²) < 4.78 is 21.7. The fourth-order valence-electron chi connectivity index (χ4n) is 2.53. The van der Waals surface area contributed by atoms with Crippen molar-refractivity contribution in [1.29, 1.82) is 0 Å². The minimum absolute atomic E-state index is 0.105. The lowest BCUT2D eigenvalue weighted by molar-refractivity contribution is -0.225. The van der Waals surface area contributed by atoms with E-state index in [1.165, 1.54) is 6.92 Å². The predicted molar refractivity (Wildman–Crippen MR) is 64.7 cm³/mol. The Morgan fingerprint density at radius 3 is 2.65 bits per heavy atom. The Morgan fingerprint density at radius 2 is 2.10 bits per heavy atom. The third-order valence-corrected chi connectivity index (χ3v) is 4.37. The summed E-state index contributed by atoms with van der Waals surface area (Å²) in [4.78, 5) is 28.9. The minimum Gasteiger partial charge on any atom is -0.388 e. The van der Waals surface area contributed by atoms with E-state index in [2.05, 4.69) is 5.32 Å². The highest BCUT2D eigenvalue weighted by molar-refractivity contribution is 7.51. The highest BCUT2D eigenvalue weighted by Gasteiger charge is 2.59. The van der Waals surface area contributed by atoms with E-state index in [-0.39, 0.29) is 13.0 Å². The van der Waals surface area contributed by atoms with Gasteiger partial charge in [-0.2, -0.15) is 0 Å². The lowest BCUT2D eigenvalue weighted by atomic mass is 9.86. The van der Waals surface area contributed by atoms with Crippen molar-refractivity contribution in [2.24, 2.45) is 0 Å². The highest BCUT2D eigenvalue weighted by Crippen LogP contribution is 2.44. The minimum atomic E-state index is -4.25. The first-order valence-electron chi connectivity index (χ1n) is 6.12. The number of carbonyl (C=O) groups is 1. The van der Waals surface area contributed by atoms with Crippen LogP contribution in [0.3, 0.4) is 0 Å². The SMILES string of the molecule is CC(=O)N[C@@H]1[C@H]2OC[C@](CCP(=O)(O)O)(O2)[C@@H](O)[C@@H]1O. The van der Waals surface area contributed by atoms with Gasteiger partial charge in [0.2, 0.25) is 5.91 Å². The Labute approximate surface area is 115 Å².